The zero-order chi connectivity index (χ0) is 14.5. The fourth-order valence-corrected chi connectivity index (χ4v) is 1.85. The van der Waals surface area contributed by atoms with Crippen LogP contribution in [0.2, 0.25) is 0 Å². The molecule has 0 aliphatic rings. The number of nitrogens with one attached hydrogen (secondary N) is 1. The largest absolute Gasteiger partial charge is 0.469 e. The van der Waals surface area contributed by atoms with E-state index in [1.54, 1.807) is 0 Å². The molecule has 1 rings (SSSR count). The van der Waals surface area contributed by atoms with Crippen LogP contribution in [0, 0.1) is 0 Å². The SMILES string of the molecule is COC(=O)CC(=O)NCC(C)(C)c1ccc(Br)cc1. The van der Waals surface area contributed by atoms with Crippen LogP contribution in [-0.2, 0) is 19.7 Å². The van der Waals surface area contributed by atoms with E-state index in [0.717, 1.165) is 10.0 Å². The van der Waals surface area contributed by atoms with Crippen molar-refractivity contribution in [2.75, 3.05) is 13.7 Å². The fourth-order valence-electron chi connectivity index (χ4n) is 1.59. The molecule has 1 N–H and O–H groups in total. The first kappa shape index (κ1) is 15.7. The molecular formula is C14H18BrNO3. The van der Waals surface area contributed by atoms with Gasteiger partial charge in [-0.3, -0.25) is 9.59 Å². The van der Waals surface area contributed by atoms with E-state index >= 15 is 0 Å². The van der Waals surface area contributed by atoms with Gasteiger partial charge in [-0.25, -0.2) is 0 Å². The predicted molar refractivity (Wildman–Crippen MR) is 76.8 cm³/mol. The second-order valence-corrected chi connectivity index (χ2v) is 5.84. The third-order valence-electron chi connectivity index (χ3n) is 2.89. The van der Waals surface area contributed by atoms with Gasteiger partial charge in [-0.2, -0.15) is 0 Å². The lowest BCUT2D eigenvalue weighted by molar-refractivity contribution is -0.143. The molecule has 0 unspecified atom stereocenters. The summed E-state index contributed by atoms with van der Waals surface area (Å²) < 4.78 is 5.46. The summed E-state index contributed by atoms with van der Waals surface area (Å²) in [6, 6.07) is 7.95. The summed E-state index contributed by atoms with van der Waals surface area (Å²) >= 11 is 3.39. The summed E-state index contributed by atoms with van der Waals surface area (Å²) in [5.41, 5.74) is 0.918. The smallest absolute Gasteiger partial charge is 0.315 e. The maximum Gasteiger partial charge on any atom is 0.315 e. The Morgan fingerprint density at radius 1 is 1.26 bits per heavy atom. The Morgan fingerprint density at radius 2 is 1.84 bits per heavy atom. The maximum atomic E-state index is 11.5. The molecular weight excluding hydrogens is 310 g/mol. The minimum Gasteiger partial charge on any atom is -0.469 e. The van der Waals surface area contributed by atoms with Gasteiger partial charge in [0.05, 0.1) is 7.11 Å². The monoisotopic (exact) mass is 327 g/mol. The van der Waals surface area contributed by atoms with Crippen LogP contribution in [-0.4, -0.2) is 25.5 Å². The number of carbonyl (C=O) groups is 2. The number of amides is 1. The number of halogens is 1. The molecule has 0 fully saturated rings. The summed E-state index contributed by atoms with van der Waals surface area (Å²) in [5, 5.41) is 2.75. The molecule has 0 aliphatic carbocycles. The van der Waals surface area contributed by atoms with Crippen LogP contribution >= 0.6 is 15.9 Å². The van der Waals surface area contributed by atoms with E-state index in [-0.39, 0.29) is 17.7 Å². The average molecular weight is 328 g/mol. The van der Waals surface area contributed by atoms with Crippen molar-refractivity contribution in [3.63, 3.8) is 0 Å². The number of ether oxygens (including phenoxy) is 1. The molecule has 1 aromatic carbocycles. The highest BCUT2D eigenvalue weighted by molar-refractivity contribution is 9.10. The van der Waals surface area contributed by atoms with E-state index in [9.17, 15) is 9.59 Å². The van der Waals surface area contributed by atoms with Crippen LogP contribution in [0.4, 0.5) is 0 Å². The van der Waals surface area contributed by atoms with Gasteiger partial charge in [0, 0.05) is 16.4 Å². The molecule has 0 atom stereocenters. The van der Waals surface area contributed by atoms with Crippen LogP contribution < -0.4 is 5.32 Å². The fraction of sp³-hybridized carbons (Fsp3) is 0.429. The highest BCUT2D eigenvalue weighted by Gasteiger charge is 2.21. The van der Waals surface area contributed by atoms with Crippen molar-refractivity contribution in [1.82, 2.24) is 5.32 Å². The molecule has 19 heavy (non-hydrogen) atoms. The highest BCUT2D eigenvalue weighted by Crippen LogP contribution is 2.23. The van der Waals surface area contributed by atoms with Crippen molar-refractivity contribution >= 4 is 27.8 Å². The first-order chi connectivity index (χ1) is 8.85. The lowest BCUT2D eigenvalue weighted by Gasteiger charge is -2.25. The second-order valence-electron chi connectivity index (χ2n) is 4.92. The van der Waals surface area contributed by atoms with Gasteiger partial charge in [-0.05, 0) is 17.7 Å². The number of rotatable bonds is 5. The number of hydrogen-bond donors (Lipinski definition) is 1. The molecule has 104 valence electrons. The van der Waals surface area contributed by atoms with Crippen LogP contribution in [0.5, 0.6) is 0 Å². The van der Waals surface area contributed by atoms with Gasteiger partial charge in [0.1, 0.15) is 6.42 Å². The summed E-state index contributed by atoms with van der Waals surface area (Å²) in [4.78, 5) is 22.5. The van der Waals surface area contributed by atoms with Crippen molar-refractivity contribution in [2.24, 2.45) is 0 Å². The summed E-state index contributed by atoms with van der Waals surface area (Å²) in [5.74, 6) is -0.851. The highest BCUT2D eigenvalue weighted by atomic mass is 79.9. The lowest BCUT2D eigenvalue weighted by Crippen LogP contribution is -2.37. The van der Waals surface area contributed by atoms with Gasteiger partial charge in [-0.15, -0.1) is 0 Å². The molecule has 0 saturated heterocycles. The van der Waals surface area contributed by atoms with E-state index in [2.05, 4.69) is 26.0 Å². The Labute approximate surface area is 121 Å². The molecule has 1 aromatic rings. The van der Waals surface area contributed by atoms with Crippen molar-refractivity contribution in [3.05, 3.63) is 34.3 Å². The second kappa shape index (κ2) is 6.70. The van der Waals surface area contributed by atoms with E-state index in [1.165, 1.54) is 7.11 Å². The van der Waals surface area contributed by atoms with Crippen LogP contribution in [0.3, 0.4) is 0 Å². The lowest BCUT2D eigenvalue weighted by atomic mass is 9.84. The molecule has 4 nitrogen and oxygen atoms in total. The summed E-state index contributed by atoms with van der Waals surface area (Å²) in [6.07, 6.45) is -0.243. The first-order valence-electron chi connectivity index (χ1n) is 5.95. The normalized spacial score (nSPS) is 10.9. The Kier molecular flexibility index (Phi) is 5.54. The summed E-state index contributed by atoms with van der Waals surface area (Å²) in [7, 11) is 1.27. The van der Waals surface area contributed by atoms with Gasteiger partial charge in [0.15, 0.2) is 0 Å². The molecule has 0 bridgehead atoms. The van der Waals surface area contributed by atoms with Gasteiger partial charge in [0.25, 0.3) is 0 Å². The van der Waals surface area contributed by atoms with Gasteiger partial charge in [0.2, 0.25) is 5.91 Å². The minimum absolute atomic E-state index is 0.202. The van der Waals surface area contributed by atoms with E-state index in [1.807, 2.05) is 38.1 Å². The molecule has 5 heteroatoms. The zero-order valence-corrected chi connectivity index (χ0v) is 12.9. The van der Waals surface area contributed by atoms with Crippen molar-refractivity contribution in [1.29, 1.82) is 0 Å². The quantitative estimate of drug-likeness (QED) is 0.667. The molecule has 1 amide bonds. The Bertz CT molecular complexity index is 454. The van der Waals surface area contributed by atoms with Gasteiger partial charge in [-0.1, -0.05) is 41.9 Å². The molecule has 0 saturated carbocycles. The Hall–Kier alpha value is -1.36. The van der Waals surface area contributed by atoms with Crippen molar-refractivity contribution < 1.29 is 14.3 Å². The average Bonchev–Trinajstić information content (AvgIpc) is 2.37. The zero-order valence-electron chi connectivity index (χ0n) is 11.3. The number of methoxy groups -OCH3 is 1. The Balaban J connectivity index is 2.57. The van der Waals surface area contributed by atoms with E-state index < -0.39 is 5.97 Å². The number of carbonyl (C=O) groups excluding carboxylic acids is 2. The minimum atomic E-state index is -0.529. The number of benzene rings is 1. The maximum absolute atomic E-state index is 11.5. The topological polar surface area (TPSA) is 55.4 Å². The van der Waals surface area contributed by atoms with Crippen LogP contribution in [0.25, 0.3) is 0 Å². The molecule has 0 radical (unpaired) electrons. The van der Waals surface area contributed by atoms with Gasteiger partial charge >= 0.3 is 5.97 Å². The standard InChI is InChI=1S/C14H18BrNO3/c1-14(2,10-4-6-11(15)7-5-10)9-16-12(17)8-13(18)19-3/h4-7H,8-9H2,1-3H3,(H,16,17). The van der Waals surface area contributed by atoms with Gasteiger partial charge < -0.3 is 10.1 Å². The molecule has 0 heterocycles. The first-order valence-corrected chi connectivity index (χ1v) is 6.74. The van der Waals surface area contributed by atoms with Crippen LogP contribution in [0.15, 0.2) is 28.7 Å². The molecule has 0 aromatic heterocycles. The predicted octanol–water partition coefficient (Wildman–Crippen LogP) is 2.41. The van der Waals surface area contributed by atoms with Crippen molar-refractivity contribution in [2.45, 2.75) is 25.7 Å². The third-order valence-corrected chi connectivity index (χ3v) is 3.41. The summed E-state index contributed by atoms with van der Waals surface area (Å²) in [6.45, 7) is 4.54. The number of hydrogen-bond acceptors (Lipinski definition) is 3. The third kappa shape index (κ3) is 5.03. The number of esters is 1. The van der Waals surface area contributed by atoms with Crippen molar-refractivity contribution in [3.8, 4) is 0 Å². The molecule has 0 aliphatic heterocycles. The van der Waals surface area contributed by atoms with E-state index in [4.69, 9.17) is 0 Å². The van der Waals surface area contributed by atoms with E-state index in [0.29, 0.717) is 6.54 Å². The Morgan fingerprint density at radius 3 is 2.37 bits per heavy atom. The molecule has 0 spiro atoms. The van der Waals surface area contributed by atoms with Crippen LogP contribution in [0.1, 0.15) is 25.8 Å².